The van der Waals surface area contributed by atoms with Crippen molar-refractivity contribution in [3.8, 4) is 0 Å². The molecule has 8 N–H and O–H groups in total. The van der Waals surface area contributed by atoms with Crippen molar-refractivity contribution in [2.75, 3.05) is 11.1 Å². The van der Waals surface area contributed by atoms with E-state index in [1.54, 1.807) is 38.1 Å². The Bertz CT molecular complexity index is 803. The number of rotatable bonds is 3. The molecule has 0 aromatic heterocycles. The van der Waals surface area contributed by atoms with Gasteiger partial charge in [-0.25, -0.2) is 5.84 Å². The highest BCUT2D eigenvalue weighted by Gasteiger charge is 2.23. The van der Waals surface area contributed by atoms with Gasteiger partial charge in [0.15, 0.2) is 0 Å². The van der Waals surface area contributed by atoms with Gasteiger partial charge in [-0.05, 0) is 50.6 Å². The van der Waals surface area contributed by atoms with Crippen LogP contribution in [0.5, 0.6) is 0 Å². The summed E-state index contributed by atoms with van der Waals surface area (Å²) in [7, 11) is 0. The number of benzene rings is 1. The van der Waals surface area contributed by atoms with E-state index in [1.807, 2.05) is 6.92 Å². The van der Waals surface area contributed by atoms with Gasteiger partial charge >= 0.3 is 0 Å². The minimum atomic E-state index is -0.286. The van der Waals surface area contributed by atoms with Gasteiger partial charge in [-0.1, -0.05) is 0 Å². The van der Waals surface area contributed by atoms with Crippen LogP contribution in [0.4, 0.5) is 11.4 Å². The number of hydrazine groups is 1. The Morgan fingerprint density at radius 2 is 2.00 bits per heavy atom. The molecule has 2 rings (SSSR count). The number of nitrogens with two attached hydrogens (primary N) is 3. The van der Waals surface area contributed by atoms with E-state index < -0.39 is 0 Å². The topological polar surface area (TPSA) is 134 Å². The van der Waals surface area contributed by atoms with Crippen LogP contribution in [-0.4, -0.2) is 16.6 Å². The molecule has 1 heterocycles. The third-order valence-electron chi connectivity index (χ3n) is 3.87. The van der Waals surface area contributed by atoms with Crippen molar-refractivity contribution in [3.05, 3.63) is 58.6 Å². The van der Waals surface area contributed by atoms with Crippen LogP contribution < -0.4 is 22.6 Å². The average Bonchev–Trinajstić information content (AvgIpc) is 2.52. The molecule has 0 spiro atoms. The molecule has 1 aromatic rings. The zero-order valence-electron chi connectivity index (χ0n) is 14.0. The van der Waals surface area contributed by atoms with Crippen LogP contribution >= 0.6 is 0 Å². The fourth-order valence-corrected chi connectivity index (χ4v) is 2.59. The van der Waals surface area contributed by atoms with E-state index in [2.05, 4.69) is 5.32 Å². The maximum Gasteiger partial charge on any atom is 0.257 e. The number of amides is 1. The Morgan fingerprint density at radius 3 is 2.58 bits per heavy atom. The Kier molecular flexibility index (Phi) is 4.75. The quantitative estimate of drug-likeness (QED) is 0.328. The minimum absolute atomic E-state index is 0.286. The van der Waals surface area contributed by atoms with E-state index >= 15 is 0 Å². The van der Waals surface area contributed by atoms with Crippen LogP contribution in [-0.2, 0) is 4.79 Å². The monoisotopic (exact) mass is 326 g/mol. The molecule has 0 unspecified atom stereocenters. The van der Waals surface area contributed by atoms with Crippen molar-refractivity contribution in [1.82, 2.24) is 5.01 Å². The molecule has 0 saturated carbocycles. The van der Waals surface area contributed by atoms with Crippen molar-refractivity contribution in [1.29, 1.82) is 5.41 Å². The second-order valence-corrected chi connectivity index (χ2v) is 5.63. The maximum atomic E-state index is 12.7. The van der Waals surface area contributed by atoms with Crippen LogP contribution in [0.2, 0.25) is 0 Å². The van der Waals surface area contributed by atoms with Crippen molar-refractivity contribution in [2.24, 2.45) is 11.6 Å². The Morgan fingerprint density at radius 1 is 1.33 bits per heavy atom. The molecule has 0 bridgehead atoms. The molecule has 1 aliphatic rings. The summed E-state index contributed by atoms with van der Waals surface area (Å²) in [6, 6.07) is 5.04. The lowest BCUT2D eigenvalue weighted by molar-refractivity contribution is -0.112. The first kappa shape index (κ1) is 17.3. The molecule has 1 aromatic carbocycles. The number of nitrogens with one attached hydrogen (secondary N) is 2. The fourth-order valence-electron chi connectivity index (χ4n) is 2.59. The predicted octanol–water partition coefficient (Wildman–Crippen LogP) is 1.80. The van der Waals surface area contributed by atoms with Gasteiger partial charge in [-0.2, -0.15) is 0 Å². The van der Waals surface area contributed by atoms with Gasteiger partial charge in [-0.15, -0.1) is 0 Å². The first-order chi connectivity index (χ1) is 11.3. The molecule has 1 amide bonds. The molecule has 0 atom stereocenters. The first-order valence-corrected chi connectivity index (χ1v) is 7.39. The van der Waals surface area contributed by atoms with E-state index in [9.17, 15) is 4.79 Å². The van der Waals surface area contributed by atoms with Crippen molar-refractivity contribution >= 4 is 23.0 Å². The van der Waals surface area contributed by atoms with Crippen molar-refractivity contribution in [2.45, 2.75) is 20.8 Å². The molecule has 0 fully saturated rings. The van der Waals surface area contributed by atoms with Crippen molar-refractivity contribution < 1.29 is 4.79 Å². The number of carbonyl (C=O) groups excluding carboxylic acids is 1. The van der Waals surface area contributed by atoms with Crippen LogP contribution in [0, 0.1) is 5.41 Å². The van der Waals surface area contributed by atoms with Gasteiger partial charge in [0.2, 0.25) is 0 Å². The lowest BCUT2D eigenvalue weighted by Gasteiger charge is -2.28. The number of carbonyl (C=O) groups is 1. The smallest absolute Gasteiger partial charge is 0.257 e. The molecular formula is C17H22N6O. The zero-order chi connectivity index (χ0) is 18.0. The number of hydrogen-bond acceptors (Lipinski definition) is 6. The van der Waals surface area contributed by atoms with Crippen LogP contribution in [0.3, 0.4) is 0 Å². The Hall–Kier alpha value is -3.06. The third kappa shape index (κ3) is 3.16. The van der Waals surface area contributed by atoms with Crippen LogP contribution in [0.15, 0.2) is 53.0 Å². The van der Waals surface area contributed by atoms with E-state index in [-0.39, 0.29) is 5.91 Å². The van der Waals surface area contributed by atoms with Gasteiger partial charge in [0, 0.05) is 34.5 Å². The number of allylic oxidation sites excluding steroid dienone is 2. The first-order valence-electron chi connectivity index (χ1n) is 7.39. The van der Waals surface area contributed by atoms with E-state index in [4.69, 9.17) is 22.7 Å². The molecule has 7 heteroatoms. The molecule has 0 aliphatic carbocycles. The number of nitrogen functional groups attached to an aromatic ring is 1. The van der Waals surface area contributed by atoms with Gasteiger partial charge < -0.3 is 22.2 Å². The second-order valence-electron chi connectivity index (χ2n) is 5.63. The highest BCUT2D eigenvalue weighted by molar-refractivity contribution is 6.09. The summed E-state index contributed by atoms with van der Waals surface area (Å²) in [5.41, 5.74) is 15.8. The molecule has 1 aliphatic heterocycles. The van der Waals surface area contributed by atoms with Gasteiger partial charge in [-0.3, -0.25) is 9.80 Å². The van der Waals surface area contributed by atoms with E-state index in [1.165, 1.54) is 11.2 Å². The average molecular weight is 326 g/mol. The highest BCUT2D eigenvalue weighted by Crippen LogP contribution is 2.27. The SMILES string of the molecule is CC(=N)c1cc(NC(=O)C2=C(C)N(N)/C(=C\N)C=C2C)ccc1N. The number of hydrogen-bond donors (Lipinski definition) is 5. The van der Waals surface area contributed by atoms with Crippen molar-refractivity contribution in [3.63, 3.8) is 0 Å². The number of anilines is 2. The summed E-state index contributed by atoms with van der Waals surface area (Å²) in [4.78, 5) is 12.7. The Balaban J connectivity index is 2.34. The predicted molar refractivity (Wildman–Crippen MR) is 96.7 cm³/mol. The maximum absolute atomic E-state index is 12.7. The van der Waals surface area contributed by atoms with Crippen LogP contribution in [0.25, 0.3) is 0 Å². The summed E-state index contributed by atoms with van der Waals surface area (Å²) >= 11 is 0. The summed E-state index contributed by atoms with van der Waals surface area (Å²) < 4.78 is 0. The molecule has 0 radical (unpaired) electrons. The third-order valence-corrected chi connectivity index (χ3v) is 3.87. The normalized spacial score (nSPS) is 16.2. The Labute approximate surface area is 141 Å². The fraction of sp³-hybridized carbons (Fsp3) is 0.176. The van der Waals surface area contributed by atoms with E-state index in [0.29, 0.717) is 39.6 Å². The summed E-state index contributed by atoms with van der Waals surface area (Å²) in [5.74, 6) is 5.67. The zero-order valence-corrected chi connectivity index (χ0v) is 14.0. The minimum Gasteiger partial charge on any atom is -0.403 e. The van der Waals surface area contributed by atoms with Gasteiger partial charge in [0.1, 0.15) is 0 Å². The molecular weight excluding hydrogens is 304 g/mol. The molecule has 0 saturated heterocycles. The largest absolute Gasteiger partial charge is 0.403 e. The van der Waals surface area contributed by atoms with Gasteiger partial charge in [0.05, 0.1) is 11.3 Å². The number of nitrogens with zero attached hydrogens (tertiary/aromatic N) is 1. The summed E-state index contributed by atoms with van der Waals surface area (Å²) in [6.45, 7) is 5.22. The highest BCUT2D eigenvalue weighted by atomic mass is 16.1. The van der Waals surface area contributed by atoms with E-state index in [0.717, 1.165) is 5.57 Å². The standard InChI is InChI=1S/C17H22N6O/c1-9-6-13(8-18)23(21)11(3)16(9)17(24)22-12-4-5-15(20)14(7-12)10(2)19/h4-8,19H,18,20-21H2,1-3H3,(H,22,24)/b13-8-,19-10?. The molecule has 7 nitrogen and oxygen atoms in total. The lowest BCUT2D eigenvalue weighted by Crippen LogP contribution is -2.34. The van der Waals surface area contributed by atoms with Gasteiger partial charge in [0.25, 0.3) is 5.91 Å². The summed E-state index contributed by atoms with van der Waals surface area (Å²) in [6.07, 6.45) is 3.14. The lowest BCUT2D eigenvalue weighted by atomic mass is 9.99. The summed E-state index contributed by atoms with van der Waals surface area (Å²) in [5, 5.41) is 11.9. The molecule has 24 heavy (non-hydrogen) atoms. The second kappa shape index (κ2) is 6.59. The molecule has 126 valence electrons. The van der Waals surface area contributed by atoms with Crippen LogP contribution in [0.1, 0.15) is 26.3 Å².